The Morgan fingerprint density at radius 3 is 2.07 bits per heavy atom. The number of carbonyl (C=O) groups excluding carboxylic acids is 2. The van der Waals surface area contributed by atoms with Crippen LogP contribution < -0.4 is 10.2 Å². The highest BCUT2D eigenvalue weighted by Crippen LogP contribution is 2.18. The number of carbonyl (C=O) groups is 2. The SMILES string of the molecule is CC(C)C(NC(=O)c1ccc(F)cc1)C(=O)N1CCCN(c2ccc(F)cc2)CC1. The summed E-state index contributed by atoms with van der Waals surface area (Å²) in [5.41, 5.74) is 1.24. The van der Waals surface area contributed by atoms with E-state index in [1.807, 2.05) is 13.8 Å². The normalized spacial score (nSPS) is 15.6. The van der Waals surface area contributed by atoms with Crippen molar-refractivity contribution in [3.05, 3.63) is 65.7 Å². The van der Waals surface area contributed by atoms with E-state index in [0.29, 0.717) is 25.2 Å². The van der Waals surface area contributed by atoms with Crippen molar-refractivity contribution in [3.8, 4) is 0 Å². The highest BCUT2D eigenvalue weighted by molar-refractivity contribution is 5.97. The highest BCUT2D eigenvalue weighted by Gasteiger charge is 2.30. The summed E-state index contributed by atoms with van der Waals surface area (Å²) in [6.07, 6.45) is 0.778. The summed E-state index contributed by atoms with van der Waals surface area (Å²) in [6.45, 7) is 6.28. The Labute approximate surface area is 175 Å². The third-order valence-electron chi connectivity index (χ3n) is 5.33. The zero-order valence-electron chi connectivity index (χ0n) is 17.3. The largest absolute Gasteiger partial charge is 0.370 e. The van der Waals surface area contributed by atoms with Crippen molar-refractivity contribution in [2.24, 2.45) is 5.92 Å². The van der Waals surface area contributed by atoms with Gasteiger partial charge in [-0.15, -0.1) is 0 Å². The lowest BCUT2D eigenvalue weighted by atomic mass is 10.0. The number of nitrogens with one attached hydrogen (secondary N) is 1. The Kier molecular flexibility index (Phi) is 7.03. The molecule has 3 rings (SSSR count). The molecule has 7 heteroatoms. The van der Waals surface area contributed by atoms with Gasteiger partial charge in [-0.25, -0.2) is 8.78 Å². The molecule has 2 aromatic carbocycles. The van der Waals surface area contributed by atoms with Gasteiger partial charge in [-0.3, -0.25) is 9.59 Å². The zero-order chi connectivity index (χ0) is 21.7. The molecule has 0 aliphatic carbocycles. The lowest BCUT2D eigenvalue weighted by Crippen LogP contribution is -2.52. The van der Waals surface area contributed by atoms with E-state index in [4.69, 9.17) is 0 Å². The average Bonchev–Trinajstić information content (AvgIpc) is 2.98. The van der Waals surface area contributed by atoms with Gasteiger partial charge in [-0.05, 0) is 60.9 Å². The minimum absolute atomic E-state index is 0.0987. The van der Waals surface area contributed by atoms with Crippen LogP contribution in [-0.4, -0.2) is 48.9 Å². The third-order valence-corrected chi connectivity index (χ3v) is 5.33. The molecule has 0 radical (unpaired) electrons. The Morgan fingerprint density at radius 1 is 0.867 bits per heavy atom. The first kappa shape index (κ1) is 21.7. The molecule has 160 valence electrons. The van der Waals surface area contributed by atoms with Crippen molar-refractivity contribution in [3.63, 3.8) is 0 Å². The van der Waals surface area contributed by atoms with Gasteiger partial charge in [0.2, 0.25) is 5.91 Å². The molecule has 1 N–H and O–H groups in total. The molecular weight excluding hydrogens is 388 g/mol. The molecule has 1 fully saturated rings. The minimum atomic E-state index is -0.667. The van der Waals surface area contributed by atoms with E-state index in [0.717, 1.165) is 18.7 Å². The molecule has 2 aromatic rings. The topological polar surface area (TPSA) is 52.7 Å². The van der Waals surface area contributed by atoms with E-state index in [9.17, 15) is 18.4 Å². The van der Waals surface area contributed by atoms with Gasteiger partial charge in [0.15, 0.2) is 0 Å². The number of amides is 2. The number of halogens is 2. The molecule has 1 atom stereocenters. The first-order chi connectivity index (χ1) is 14.3. The molecule has 1 unspecified atom stereocenters. The smallest absolute Gasteiger partial charge is 0.251 e. The Bertz CT molecular complexity index is 869. The molecule has 0 saturated carbocycles. The van der Waals surface area contributed by atoms with E-state index in [1.165, 1.54) is 36.4 Å². The number of benzene rings is 2. The lowest BCUT2D eigenvalue weighted by molar-refractivity contribution is -0.134. The van der Waals surface area contributed by atoms with Crippen LogP contribution in [0.15, 0.2) is 48.5 Å². The van der Waals surface area contributed by atoms with Crippen molar-refractivity contribution < 1.29 is 18.4 Å². The zero-order valence-corrected chi connectivity index (χ0v) is 17.3. The minimum Gasteiger partial charge on any atom is -0.370 e. The van der Waals surface area contributed by atoms with Crippen molar-refractivity contribution in [1.82, 2.24) is 10.2 Å². The lowest BCUT2D eigenvalue weighted by Gasteiger charge is -2.29. The van der Waals surface area contributed by atoms with E-state index in [-0.39, 0.29) is 17.6 Å². The molecule has 0 aromatic heterocycles. The van der Waals surface area contributed by atoms with Gasteiger partial charge in [0.1, 0.15) is 17.7 Å². The van der Waals surface area contributed by atoms with Crippen LogP contribution in [0.1, 0.15) is 30.6 Å². The number of anilines is 1. The summed E-state index contributed by atoms with van der Waals surface area (Å²) in [5.74, 6) is -1.31. The van der Waals surface area contributed by atoms with Crippen LogP contribution in [0.2, 0.25) is 0 Å². The van der Waals surface area contributed by atoms with E-state index >= 15 is 0 Å². The third kappa shape index (κ3) is 5.34. The quantitative estimate of drug-likeness (QED) is 0.814. The molecule has 2 amide bonds. The monoisotopic (exact) mass is 415 g/mol. The number of hydrogen-bond acceptors (Lipinski definition) is 3. The van der Waals surface area contributed by atoms with Gasteiger partial charge in [-0.1, -0.05) is 13.8 Å². The fourth-order valence-electron chi connectivity index (χ4n) is 3.58. The first-order valence-corrected chi connectivity index (χ1v) is 10.2. The van der Waals surface area contributed by atoms with Gasteiger partial charge >= 0.3 is 0 Å². The molecule has 0 spiro atoms. The van der Waals surface area contributed by atoms with Crippen molar-refractivity contribution in [2.75, 3.05) is 31.1 Å². The van der Waals surface area contributed by atoms with Crippen molar-refractivity contribution in [1.29, 1.82) is 0 Å². The second-order valence-electron chi connectivity index (χ2n) is 7.84. The van der Waals surface area contributed by atoms with E-state index in [2.05, 4.69) is 10.2 Å². The predicted molar refractivity (Wildman–Crippen MR) is 112 cm³/mol. The molecule has 1 saturated heterocycles. The van der Waals surface area contributed by atoms with Crippen molar-refractivity contribution in [2.45, 2.75) is 26.3 Å². The highest BCUT2D eigenvalue weighted by atomic mass is 19.1. The molecule has 5 nitrogen and oxygen atoms in total. The maximum atomic E-state index is 13.2. The predicted octanol–water partition coefficient (Wildman–Crippen LogP) is 3.46. The van der Waals surface area contributed by atoms with Gasteiger partial charge in [0.25, 0.3) is 5.91 Å². The van der Waals surface area contributed by atoms with Crippen molar-refractivity contribution >= 4 is 17.5 Å². The van der Waals surface area contributed by atoms with Crippen LogP contribution in [0.5, 0.6) is 0 Å². The summed E-state index contributed by atoms with van der Waals surface area (Å²) in [7, 11) is 0. The number of nitrogens with zero attached hydrogens (tertiary/aromatic N) is 2. The molecule has 1 aliphatic heterocycles. The van der Waals surface area contributed by atoms with E-state index < -0.39 is 17.8 Å². The molecule has 30 heavy (non-hydrogen) atoms. The maximum absolute atomic E-state index is 13.2. The molecule has 1 aliphatic rings. The Morgan fingerprint density at radius 2 is 1.47 bits per heavy atom. The van der Waals surface area contributed by atoms with Crippen LogP contribution in [-0.2, 0) is 4.79 Å². The molecule has 0 bridgehead atoms. The molecular formula is C23H27F2N3O2. The summed E-state index contributed by atoms with van der Waals surface area (Å²) >= 11 is 0. The second kappa shape index (κ2) is 9.69. The van der Waals surface area contributed by atoms with Crippen LogP contribution in [0.25, 0.3) is 0 Å². The van der Waals surface area contributed by atoms with Gasteiger partial charge in [0.05, 0.1) is 0 Å². The van der Waals surface area contributed by atoms with Crippen LogP contribution in [0.3, 0.4) is 0 Å². The second-order valence-corrected chi connectivity index (χ2v) is 7.84. The standard InChI is InChI=1S/C23H27F2N3O2/c1-16(2)21(26-22(29)17-4-6-18(24)7-5-17)23(30)28-13-3-12-27(14-15-28)20-10-8-19(25)9-11-20/h4-11,16,21H,3,12-15H2,1-2H3,(H,26,29). The number of hydrogen-bond donors (Lipinski definition) is 1. The summed E-state index contributed by atoms with van der Waals surface area (Å²) < 4.78 is 26.3. The Balaban J connectivity index is 1.65. The van der Waals surface area contributed by atoms with Crippen LogP contribution in [0.4, 0.5) is 14.5 Å². The summed E-state index contributed by atoms with van der Waals surface area (Å²) in [4.78, 5) is 29.6. The van der Waals surface area contributed by atoms with E-state index in [1.54, 1.807) is 17.0 Å². The van der Waals surface area contributed by atoms with Gasteiger partial charge in [0, 0.05) is 37.4 Å². The fraction of sp³-hybridized carbons (Fsp3) is 0.391. The summed E-state index contributed by atoms with van der Waals surface area (Å²) in [6, 6.07) is 10.9. The summed E-state index contributed by atoms with van der Waals surface area (Å²) in [5, 5.41) is 2.81. The first-order valence-electron chi connectivity index (χ1n) is 10.2. The van der Waals surface area contributed by atoms with Gasteiger partial charge < -0.3 is 15.1 Å². The average molecular weight is 415 g/mol. The number of rotatable bonds is 5. The van der Waals surface area contributed by atoms with Crippen LogP contribution >= 0.6 is 0 Å². The van der Waals surface area contributed by atoms with Gasteiger partial charge in [-0.2, -0.15) is 0 Å². The Hall–Kier alpha value is -2.96. The molecule has 1 heterocycles. The van der Waals surface area contributed by atoms with Crippen LogP contribution in [0, 0.1) is 17.6 Å². The fourth-order valence-corrected chi connectivity index (χ4v) is 3.58. The maximum Gasteiger partial charge on any atom is 0.251 e.